The molecule has 0 fully saturated rings. The van der Waals surface area contributed by atoms with Crippen molar-refractivity contribution in [3.05, 3.63) is 0 Å². The Kier molecular flexibility index (Phi) is 5.84. The minimum atomic E-state index is -2.62. The third-order valence-electron chi connectivity index (χ3n) is 1.56. The molecule has 7 heteroatoms. The van der Waals surface area contributed by atoms with Gasteiger partial charge in [0.05, 0.1) is 6.54 Å². The van der Waals surface area contributed by atoms with E-state index in [9.17, 15) is 18.4 Å². The molecule has 17 heavy (non-hydrogen) atoms. The van der Waals surface area contributed by atoms with Crippen molar-refractivity contribution in [3.8, 4) is 0 Å². The highest BCUT2D eigenvalue weighted by atomic mass is 19.3. The fourth-order valence-corrected chi connectivity index (χ4v) is 0.881. The van der Waals surface area contributed by atoms with Gasteiger partial charge in [-0.1, -0.05) is 0 Å². The van der Waals surface area contributed by atoms with Crippen LogP contribution in [0.4, 0.5) is 13.6 Å². The van der Waals surface area contributed by atoms with E-state index in [1.54, 1.807) is 20.8 Å². The second-order valence-corrected chi connectivity index (χ2v) is 4.50. The smallest absolute Gasteiger partial charge is 0.408 e. The number of rotatable bonds is 4. The number of amides is 2. The van der Waals surface area contributed by atoms with E-state index in [0.29, 0.717) is 0 Å². The molecule has 0 saturated heterocycles. The van der Waals surface area contributed by atoms with Crippen molar-refractivity contribution in [2.75, 3.05) is 6.54 Å². The van der Waals surface area contributed by atoms with E-state index in [1.165, 1.54) is 6.92 Å². The molecular weight excluding hydrogens is 234 g/mol. The molecule has 0 saturated carbocycles. The van der Waals surface area contributed by atoms with Crippen LogP contribution < -0.4 is 10.6 Å². The maximum Gasteiger partial charge on any atom is 0.408 e. The molecule has 5 nitrogen and oxygen atoms in total. The van der Waals surface area contributed by atoms with E-state index in [0.717, 1.165) is 0 Å². The molecule has 0 aliphatic heterocycles. The van der Waals surface area contributed by atoms with Crippen LogP contribution in [0.2, 0.25) is 0 Å². The molecule has 0 unspecified atom stereocenters. The van der Waals surface area contributed by atoms with E-state index < -0.39 is 36.6 Å². The quantitative estimate of drug-likeness (QED) is 0.792. The summed E-state index contributed by atoms with van der Waals surface area (Å²) < 4.78 is 28.5. The van der Waals surface area contributed by atoms with Gasteiger partial charge in [-0.2, -0.15) is 0 Å². The standard InChI is InChI=1S/C10H18F2N2O3/c1-6(8(15)13-5-7(11)12)14-9(16)17-10(2,3)4/h6-7H,5H2,1-4H3,(H,13,15)(H,14,16)/t6-/m1/s1. The van der Waals surface area contributed by atoms with Crippen molar-refractivity contribution in [1.82, 2.24) is 10.6 Å². The van der Waals surface area contributed by atoms with Crippen molar-refractivity contribution in [3.63, 3.8) is 0 Å². The lowest BCUT2D eigenvalue weighted by atomic mass is 10.2. The zero-order chi connectivity index (χ0) is 13.6. The van der Waals surface area contributed by atoms with E-state index in [1.807, 2.05) is 5.32 Å². The monoisotopic (exact) mass is 252 g/mol. The van der Waals surface area contributed by atoms with Gasteiger partial charge in [0.25, 0.3) is 6.43 Å². The number of alkyl halides is 2. The van der Waals surface area contributed by atoms with Gasteiger partial charge in [-0.25, -0.2) is 13.6 Å². The first-order chi connectivity index (χ1) is 7.61. The van der Waals surface area contributed by atoms with Crippen LogP contribution in [0.25, 0.3) is 0 Å². The number of ether oxygens (including phenoxy) is 1. The van der Waals surface area contributed by atoms with Gasteiger partial charge in [0.2, 0.25) is 5.91 Å². The van der Waals surface area contributed by atoms with E-state index in [4.69, 9.17) is 4.74 Å². The molecule has 0 bridgehead atoms. The van der Waals surface area contributed by atoms with Gasteiger partial charge in [-0.3, -0.25) is 4.79 Å². The second kappa shape index (κ2) is 6.36. The maximum absolute atomic E-state index is 11.8. The number of carbonyl (C=O) groups is 2. The minimum absolute atomic E-state index is 0.677. The lowest BCUT2D eigenvalue weighted by molar-refractivity contribution is -0.123. The van der Waals surface area contributed by atoms with Crippen molar-refractivity contribution < 1.29 is 23.1 Å². The van der Waals surface area contributed by atoms with Crippen LogP contribution in [0.5, 0.6) is 0 Å². The molecule has 1 atom stereocenters. The Bertz CT molecular complexity index is 277. The lowest BCUT2D eigenvalue weighted by Crippen LogP contribution is -2.47. The van der Waals surface area contributed by atoms with Crippen molar-refractivity contribution in [2.45, 2.75) is 45.8 Å². The molecule has 0 aromatic rings. The first-order valence-corrected chi connectivity index (χ1v) is 5.17. The van der Waals surface area contributed by atoms with Crippen molar-refractivity contribution in [2.24, 2.45) is 0 Å². The van der Waals surface area contributed by atoms with Crippen LogP contribution in [0.1, 0.15) is 27.7 Å². The SMILES string of the molecule is C[C@@H](NC(=O)OC(C)(C)C)C(=O)NCC(F)F. The Labute approximate surface area is 98.9 Å². The van der Waals surface area contributed by atoms with E-state index in [2.05, 4.69) is 5.32 Å². The Morgan fingerprint density at radius 2 is 1.82 bits per heavy atom. The third-order valence-corrected chi connectivity index (χ3v) is 1.56. The van der Waals surface area contributed by atoms with Crippen molar-refractivity contribution in [1.29, 1.82) is 0 Å². The number of hydrogen-bond acceptors (Lipinski definition) is 3. The van der Waals surface area contributed by atoms with E-state index in [-0.39, 0.29) is 0 Å². The van der Waals surface area contributed by atoms with Gasteiger partial charge in [0.1, 0.15) is 11.6 Å². The molecule has 2 N–H and O–H groups in total. The van der Waals surface area contributed by atoms with E-state index >= 15 is 0 Å². The molecule has 0 aromatic carbocycles. The number of nitrogens with one attached hydrogen (secondary N) is 2. The van der Waals surface area contributed by atoms with Crippen LogP contribution in [-0.4, -0.2) is 36.6 Å². The van der Waals surface area contributed by atoms with Gasteiger partial charge in [0, 0.05) is 0 Å². The number of hydrogen-bond donors (Lipinski definition) is 2. The summed E-state index contributed by atoms with van der Waals surface area (Å²) in [5, 5.41) is 4.23. The molecule has 0 radical (unpaired) electrons. The Morgan fingerprint density at radius 1 is 1.29 bits per heavy atom. The van der Waals surface area contributed by atoms with Gasteiger partial charge >= 0.3 is 6.09 Å². The van der Waals surface area contributed by atoms with Gasteiger partial charge in [0.15, 0.2) is 0 Å². The molecule has 0 rings (SSSR count). The second-order valence-electron chi connectivity index (χ2n) is 4.50. The molecule has 0 heterocycles. The molecule has 0 spiro atoms. The number of alkyl carbamates (subject to hydrolysis) is 1. The highest BCUT2D eigenvalue weighted by Crippen LogP contribution is 2.06. The Morgan fingerprint density at radius 3 is 2.24 bits per heavy atom. The number of carbonyl (C=O) groups excluding carboxylic acids is 2. The average Bonchev–Trinajstić information content (AvgIpc) is 2.10. The van der Waals surface area contributed by atoms with Crippen molar-refractivity contribution >= 4 is 12.0 Å². The van der Waals surface area contributed by atoms with Crippen LogP contribution in [0, 0.1) is 0 Å². The zero-order valence-electron chi connectivity index (χ0n) is 10.3. The Balaban J connectivity index is 4.03. The topological polar surface area (TPSA) is 67.4 Å². The molecule has 0 aliphatic rings. The largest absolute Gasteiger partial charge is 0.444 e. The zero-order valence-corrected chi connectivity index (χ0v) is 10.3. The summed E-state index contributed by atoms with van der Waals surface area (Å²) in [5.74, 6) is -0.684. The highest BCUT2D eigenvalue weighted by molar-refractivity contribution is 5.85. The predicted molar refractivity (Wildman–Crippen MR) is 57.8 cm³/mol. The van der Waals surface area contributed by atoms with Crippen LogP contribution in [-0.2, 0) is 9.53 Å². The third kappa shape index (κ3) is 8.41. The van der Waals surface area contributed by atoms with Crippen LogP contribution >= 0.6 is 0 Å². The fraction of sp³-hybridized carbons (Fsp3) is 0.800. The molecular formula is C10H18F2N2O3. The first-order valence-electron chi connectivity index (χ1n) is 5.17. The van der Waals surface area contributed by atoms with Crippen LogP contribution in [0.15, 0.2) is 0 Å². The molecule has 0 aliphatic carbocycles. The normalized spacial score (nSPS) is 13.1. The highest BCUT2D eigenvalue weighted by Gasteiger charge is 2.21. The lowest BCUT2D eigenvalue weighted by Gasteiger charge is -2.21. The predicted octanol–water partition coefficient (Wildman–Crippen LogP) is 1.28. The molecule has 100 valence electrons. The summed E-state index contributed by atoms with van der Waals surface area (Å²) in [6.45, 7) is 5.67. The van der Waals surface area contributed by atoms with Crippen LogP contribution in [0.3, 0.4) is 0 Å². The summed E-state index contributed by atoms with van der Waals surface area (Å²) >= 11 is 0. The van der Waals surface area contributed by atoms with Gasteiger partial charge in [-0.05, 0) is 27.7 Å². The summed E-state index contributed by atoms with van der Waals surface area (Å²) in [4.78, 5) is 22.5. The molecule has 2 amide bonds. The maximum atomic E-state index is 11.8. The summed E-state index contributed by atoms with van der Waals surface area (Å²) in [6, 6.07) is -0.927. The molecule has 0 aromatic heterocycles. The van der Waals surface area contributed by atoms with Gasteiger partial charge < -0.3 is 15.4 Å². The first kappa shape index (κ1) is 15.6. The minimum Gasteiger partial charge on any atom is -0.444 e. The summed E-state index contributed by atoms with van der Waals surface area (Å²) in [5.41, 5.74) is -0.677. The fourth-order valence-electron chi connectivity index (χ4n) is 0.881. The summed E-state index contributed by atoms with van der Waals surface area (Å²) in [7, 11) is 0. The average molecular weight is 252 g/mol. The Hall–Kier alpha value is -1.40. The number of halogens is 2. The summed E-state index contributed by atoms with van der Waals surface area (Å²) in [6.07, 6.45) is -3.38. The van der Waals surface area contributed by atoms with Gasteiger partial charge in [-0.15, -0.1) is 0 Å².